The summed E-state index contributed by atoms with van der Waals surface area (Å²) >= 11 is 6.44. The minimum absolute atomic E-state index is 0.302. The number of hydrogen-bond donors (Lipinski definition) is 0. The van der Waals surface area contributed by atoms with Crippen LogP contribution in [-0.4, -0.2) is 14.2 Å². The molecular weight excluding hydrogens is 252 g/mol. The van der Waals surface area contributed by atoms with E-state index in [1.807, 2.05) is 31.2 Å². The molecule has 0 spiro atoms. The van der Waals surface area contributed by atoms with Gasteiger partial charge < -0.3 is 13.9 Å². The molecular formula is C14H15ClO3. The van der Waals surface area contributed by atoms with E-state index in [1.54, 1.807) is 20.5 Å². The van der Waals surface area contributed by atoms with Gasteiger partial charge in [0.25, 0.3) is 0 Å². The fraction of sp³-hybridized carbons (Fsp3) is 0.286. The number of hydrogen-bond acceptors (Lipinski definition) is 3. The van der Waals surface area contributed by atoms with Crippen molar-refractivity contribution >= 4 is 11.6 Å². The van der Waals surface area contributed by atoms with Crippen LogP contribution < -0.4 is 9.47 Å². The van der Waals surface area contributed by atoms with Crippen molar-refractivity contribution in [3.63, 3.8) is 0 Å². The highest BCUT2D eigenvalue weighted by molar-refractivity contribution is 6.22. The molecule has 0 N–H and O–H groups in total. The number of rotatable bonds is 4. The molecule has 0 bridgehead atoms. The number of benzene rings is 1. The highest BCUT2D eigenvalue weighted by Crippen LogP contribution is 2.37. The lowest BCUT2D eigenvalue weighted by Crippen LogP contribution is -1.97. The summed E-state index contributed by atoms with van der Waals surface area (Å²) in [6.45, 7) is 1.89. The summed E-state index contributed by atoms with van der Waals surface area (Å²) in [4.78, 5) is 0. The van der Waals surface area contributed by atoms with Gasteiger partial charge in [0.15, 0.2) is 0 Å². The first-order chi connectivity index (χ1) is 8.65. The first-order valence-corrected chi connectivity index (χ1v) is 6.00. The van der Waals surface area contributed by atoms with E-state index in [0.717, 1.165) is 22.6 Å². The Kier molecular flexibility index (Phi) is 3.82. The number of aryl methyl sites for hydroxylation is 1. The molecule has 18 heavy (non-hydrogen) atoms. The van der Waals surface area contributed by atoms with E-state index in [-0.39, 0.29) is 5.38 Å². The lowest BCUT2D eigenvalue weighted by molar-refractivity contribution is 0.391. The monoisotopic (exact) mass is 266 g/mol. The number of methoxy groups -OCH3 is 2. The first kappa shape index (κ1) is 12.8. The molecule has 1 aromatic carbocycles. The van der Waals surface area contributed by atoms with Crippen molar-refractivity contribution in [3.05, 3.63) is 47.4 Å². The van der Waals surface area contributed by atoms with Gasteiger partial charge in [-0.15, -0.1) is 11.6 Å². The molecule has 0 amide bonds. The molecule has 0 saturated heterocycles. The van der Waals surface area contributed by atoms with Crippen molar-refractivity contribution in [1.82, 2.24) is 0 Å². The average molecular weight is 267 g/mol. The fourth-order valence-corrected chi connectivity index (χ4v) is 2.10. The molecule has 1 atom stereocenters. The van der Waals surface area contributed by atoms with E-state index >= 15 is 0 Å². The Morgan fingerprint density at radius 1 is 1.17 bits per heavy atom. The van der Waals surface area contributed by atoms with E-state index in [4.69, 9.17) is 25.5 Å². The molecule has 0 radical (unpaired) electrons. The Hall–Kier alpha value is -1.61. The van der Waals surface area contributed by atoms with E-state index < -0.39 is 0 Å². The zero-order valence-electron chi connectivity index (χ0n) is 10.6. The van der Waals surface area contributed by atoms with Gasteiger partial charge in [-0.2, -0.15) is 0 Å². The van der Waals surface area contributed by atoms with Crippen molar-refractivity contribution in [2.75, 3.05) is 14.2 Å². The maximum absolute atomic E-state index is 6.44. The van der Waals surface area contributed by atoms with Crippen LogP contribution in [0.5, 0.6) is 11.5 Å². The van der Waals surface area contributed by atoms with Gasteiger partial charge in [-0.05, 0) is 25.1 Å². The lowest BCUT2D eigenvalue weighted by atomic mass is 10.1. The van der Waals surface area contributed by atoms with Crippen molar-refractivity contribution in [2.24, 2.45) is 0 Å². The molecule has 4 heteroatoms. The van der Waals surface area contributed by atoms with Gasteiger partial charge in [0.1, 0.15) is 17.3 Å². The Bertz CT molecular complexity index is 534. The molecule has 0 aliphatic carbocycles. The normalized spacial score (nSPS) is 12.2. The molecule has 2 rings (SSSR count). The Morgan fingerprint density at radius 2 is 1.94 bits per heavy atom. The highest BCUT2D eigenvalue weighted by atomic mass is 35.5. The lowest BCUT2D eigenvalue weighted by Gasteiger charge is -2.13. The molecule has 1 aromatic heterocycles. The summed E-state index contributed by atoms with van der Waals surface area (Å²) in [7, 11) is 3.23. The van der Waals surface area contributed by atoms with E-state index in [0.29, 0.717) is 5.75 Å². The van der Waals surface area contributed by atoms with Crippen LogP contribution in [-0.2, 0) is 0 Å². The van der Waals surface area contributed by atoms with Crippen LogP contribution in [0, 0.1) is 6.92 Å². The molecule has 0 fully saturated rings. The second-order valence-corrected chi connectivity index (χ2v) is 4.40. The van der Waals surface area contributed by atoms with E-state index in [1.165, 1.54) is 0 Å². The quantitative estimate of drug-likeness (QED) is 0.786. The Labute approximate surface area is 111 Å². The third-order valence-corrected chi connectivity index (χ3v) is 3.24. The van der Waals surface area contributed by atoms with Crippen LogP contribution >= 0.6 is 11.6 Å². The third-order valence-electron chi connectivity index (χ3n) is 2.76. The van der Waals surface area contributed by atoms with Crippen molar-refractivity contribution < 1.29 is 13.9 Å². The van der Waals surface area contributed by atoms with Gasteiger partial charge in [0.2, 0.25) is 0 Å². The maximum atomic E-state index is 6.44. The molecule has 0 aliphatic rings. The number of halogens is 1. The molecule has 96 valence electrons. The minimum Gasteiger partial charge on any atom is -0.497 e. The Balaban J connectivity index is 2.38. The van der Waals surface area contributed by atoms with Crippen LogP contribution in [0.15, 0.2) is 34.9 Å². The highest BCUT2D eigenvalue weighted by Gasteiger charge is 2.18. The summed E-state index contributed by atoms with van der Waals surface area (Å²) in [6.07, 6.45) is 1.66. The minimum atomic E-state index is -0.302. The second kappa shape index (κ2) is 5.36. The van der Waals surface area contributed by atoms with Crippen LogP contribution in [0.25, 0.3) is 0 Å². The van der Waals surface area contributed by atoms with Gasteiger partial charge in [-0.25, -0.2) is 0 Å². The summed E-state index contributed by atoms with van der Waals surface area (Å²) in [5.74, 6) is 2.28. The van der Waals surface area contributed by atoms with E-state index in [9.17, 15) is 0 Å². The number of furan rings is 1. The molecule has 0 saturated carbocycles. The molecule has 3 nitrogen and oxygen atoms in total. The predicted molar refractivity (Wildman–Crippen MR) is 70.7 cm³/mol. The first-order valence-electron chi connectivity index (χ1n) is 5.56. The van der Waals surface area contributed by atoms with Gasteiger partial charge >= 0.3 is 0 Å². The van der Waals surface area contributed by atoms with Crippen molar-refractivity contribution in [2.45, 2.75) is 12.3 Å². The second-order valence-electron chi connectivity index (χ2n) is 3.96. The molecule has 2 aromatic rings. The Morgan fingerprint density at radius 3 is 2.50 bits per heavy atom. The van der Waals surface area contributed by atoms with Gasteiger partial charge in [-0.3, -0.25) is 0 Å². The number of alkyl halides is 1. The SMILES string of the molecule is COc1ccc(C(Cl)c2coc(C)c2)c(OC)c1. The topological polar surface area (TPSA) is 31.6 Å². The summed E-state index contributed by atoms with van der Waals surface area (Å²) in [6, 6.07) is 7.50. The standard InChI is InChI=1S/C14H15ClO3/c1-9-6-10(8-18-9)14(15)12-5-4-11(16-2)7-13(12)17-3/h4-8,14H,1-3H3. The van der Waals surface area contributed by atoms with Crippen LogP contribution in [0.3, 0.4) is 0 Å². The van der Waals surface area contributed by atoms with Gasteiger partial charge in [-0.1, -0.05) is 0 Å². The average Bonchev–Trinajstić information content (AvgIpc) is 2.83. The predicted octanol–water partition coefficient (Wildman–Crippen LogP) is 3.93. The zero-order chi connectivity index (χ0) is 13.1. The van der Waals surface area contributed by atoms with Crippen molar-refractivity contribution in [3.8, 4) is 11.5 Å². The summed E-state index contributed by atoms with van der Waals surface area (Å²) in [5.41, 5.74) is 1.80. The van der Waals surface area contributed by atoms with Crippen LogP contribution in [0.2, 0.25) is 0 Å². The van der Waals surface area contributed by atoms with Gasteiger partial charge in [0.05, 0.1) is 25.9 Å². The van der Waals surface area contributed by atoms with Crippen molar-refractivity contribution in [1.29, 1.82) is 0 Å². The molecule has 0 aliphatic heterocycles. The fourth-order valence-electron chi connectivity index (χ4n) is 1.80. The largest absolute Gasteiger partial charge is 0.497 e. The van der Waals surface area contributed by atoms with Crippen LogP contribution in [0.4, 0.5) is 0 Å². The van der Waals surface area contributed by atoms with Crippen LogP contribution in [0.1, 0.15) is 22.3 Å². The smallest absolute Gasteiger partial charge is 0.127 e. The van der Waals surface area contributed by atoms with Gasteiger partial charge in [0, 0.05) is 17.2 Å². The number of ether oxygens (including phenoxy) is 2. The zero-order valence-corrected chi connectivity index (χ0v) is 11.3. The summed E-state index contributed by atoms with van der Waals surface area (Å²) in [5, 5.41) is -0.302. The molecule has 1 heterocycles. The summed E-state index contributed by atoms with van der Waals surface area (Å²) < 4.78 is 15.8. The maximum Gasteiger partial charge on any atom is 0.127 e. The molecule has 1 unspecified atom stereocenters. The third kappa shape index (κ3) is 2.46. The van der Waals surface area contributed by atoms with E-state index in [2.05, 4.69) is 0 Å².